The molecule has 1 atom stereocenters. The van der Waals surface area contributed by atoms with Crippen molar-refractivity contribution in [2.24, 2.45) is 17.6 Å². The maximum Gasteiger partial charge on any atom is 0.119 e. The predicted molar refractivity (Wildman–Crippen MR) is 119 cm³/mol. The number of aliphatic hydroxyl groups is 1. The Morgan fingerprint density at radius 1 is 1.04 bits per heavy atom. The van der Waals surface area contributed by atoms with E-state index in [4.69, 9.17) is 10.5 Å². The third kappa shape index (κ3) is 9.93. The van der Waals surface area contributed by atoms with Crippen LogP contribution in [-0.2, 0) is 6.42 Å². The zero-order chi connectivity index (χ0) is 20.2. The van der Waals surface area contributed by atoms with E-state index in [1.54, 1.807) is 0 Å². The molecule has 0 heterocycles. The van der Waals surface area contributed by atoms with Crippen molar-refractivity contribution in [3.05, 3.63) is 29.8 Å². The van der Waals surface area contributed by atoms with Crippen molar-refractivity contribution in [1.29, 1.82) is 0 Å². The highest BCUT2D eigenvalue weighted by Crippen LogP contribution is 2.37. The highest BCUT2D eigenvalue weighted by Gasteiger charge is 2.33. The van der Waals surface area contributed by atoms with Gasteiger partial charge >= 0.3 is 0 Å². The maximum absolute atomic E-state index is 9.66. The Bertz CT molecular complexity index is 524. The Balaban J connectivity index is 1.54. The molecule has 0 aliphatic heterocycles. The number of benzene rings is 1. The van der Waals surface area contributed by atoms with Crippen LogP contribution in [0.4, 0.5) is 0 Å². The second-order valence-corrected chi connectivity index (χ2v) is 9.46. The van der Waals surface area contributed by atoms with Crippen LogP contribution in [0.3, 0.4) is 0 Å². The molecule has 160 valence electrons. The first-order valence-electron chi connectivity index (χ1n) is 11.6. The number of hydrogen-bond acceptors (Lipinski definition) is 3. The van der Waals surface area contributed by atoms with Gasteiger partial charge < -0.3 is 15.6 Å². The molecule has 0 amide bonds. The third-order valence-electron chi connectivity index (χ3n) is 5.99. The number of nitrogens with two attached hydrogens (primary N) is 1. The molecule has 1 aromatic rings. The monoisotopic (exact) mass is 389 g/mol. The number of aliphatic hydroxyl groups excluding tert-OH is 1. The minimum atomic E-state index is -0.412. The summed E-state index contributed by atoms with van der Waals surface area (Å²) in [5, 5.41) is 9.66. The van der Waals surface area contributed by atoms with Crippen LogP contribution in [0.1, 0.15) is 90.0 Å². The predicted octanol–water partition coefficient (Wildman–Crippen LogP) is 5.87. The molecule has 1 aliphatic carbocycles. The lowest BCUT2D eigenvalue weighted by atomic mass is 9.88. The molecule has 0 saturated heterocycles. The first kappa shape index (κ1) is 23.2. The fourth-order valence-electron chi connectivity index (χ4n) is 3.84. The van der Waals surface area contributed by atoms with Crippen LogP contribution in [0.5, 0.6) is 5.75 Å². The van der Waals surface area contributed by atoms with Crippen molar-refractivity contribution in [2.45, 2.75) is 96.4 Å². The van der Waals surface area contributed by atoms with Crippen LogP contribution >= 0.6 is 0 Å². The molecule has 3 heteroatoms. The fourth-order valence-corrected chi connectivity index (χ4v) is 3.84. The lowest BCUT2D eigenvalue weighted by molar-refractivity contribution is 0.172. The summed E-state index contributed by atoms with van der Waals surface area (Å²) in [6.07, 6.45) is 14.5. The quantitative estimate of drug-likeness (QED) is 0.347. The van der Waals surface area contributed by atoms with Gasteiger partial charge in [-0.15, -0.1) is 0 Å². The Hall–Kier alpha value is -1.06. The first-order chi connectivity index (χ1) is 13.5. The molecule has 28 heavy (non-hydrogen) atoms. The fraction of sp³-hybridized carbons (Fsp3) is 0.760. The molecule has 0 bridgehead atoms. The molecule has 1 saturated carbocycles. The Labute approximate surface area is 173 Å². The van der Waals surface area contributed by atoms with Crippen molar-refractivity contribution in [3.8, 4) is 5.75 Å². The Morgan fingerprint density at radius 3 is 2.29 bits per heavy atom. The average Bonchev–Trinajstić information content (AvgIpc) is 3.49. The molecular weight excluding hydrogens is 346 g/mol. The average molecular weight is 390 g/mol. The summed E-state index contributed by atoms with van der Waals surface area (Å²) < 4.78 is 5.88. The van der Waals surface area contributed by atoms with Crippen molar-refractivity contribution >= 4 is 0 Å². The molecule has 3 nitrogen and oxygen atoms in total. The summed E-state index contributed by atoms with van der Waals surface area (Å²) in [5.41, 5.74) is 7.25. The van der Waals surface area contributed by atoms with Crippen LogP contribution < -0.4 is 10.5 Å². The smallest absolute Gasteiger partial charge is 0.119 e. The Morgan fingerprint density at radius 2 is 1.68 bits per heavy atom. The SMILES string of the molecule is CC(C)CCCCCCCCOc1ccc(CCC(N)(CO)CC2CC2)cc1. The molecule has 1 fully saturated rings. The summed E-state index contributed by atoms with van der Waals surface area (Å²) in [5.74, 6) is 2.54. The normalized spacial score (nSPS) is 16.3. The van der Waals surface area contributed by atoms with Crippen LogP contribution in [0.2, 0.25) is 0 Å². The van der Waals surface area contributed by atoms with E-state index in [-0.39, 0.29) is 6.61 Å². The molecule has 0 radical (unpaired) electrons. The molecule has 2 rings (SSSR count). The third-order valence-corrected chi connectivity index (χ3v) is 5.99. The Kier molecular flexibility index (Phi) is 10.4. The molecule has 1 aliphatic rings. The summed E-state index contributed by atoms with van der Waals surface area (Å²) in [6, 6.07) is 8.41. The lowest BCUT2D eigenvalue weighted by Gasteiger charge is -2.27. The van der Waals surface area contributed by atoms with Crippen molar-refractivity contribution in [1.82, 2.24) is 0 Å². The van der Waals surface area contributed by atoms with E-state index < -0.39 is 5.54 Å². The molecular formula is C25H43NO2. The molecule has 0 spiro atoms. The maximum atomic E-state index is 9.66. The molecule has 1 unspecified atom stereocenters. The minimum absolute atomic E-state index is 0.0857. The summed E-state index contributed by atoms with van der Waals surface area (Å²) >= 11 is 0. The number of rotatable bonds is 16. The molecule has 3 N–H and O–H groups in total. The zero-order valence-corrected chi connectivity index (χ0v) is 18.3. The second-order valence-electron chi connectivity index (χ2n) is 9.46. The van der Waals surface area contributed by atoms with Crippen LogP contribution in [-0.4, -0.2) is 23.9 Å². The highest BCUT2D eigenvalue weighted by molar-refractivity contribution is 5.27. The number of ether oxygens (including phenoxy) is 1. The van der Waals surface area contributed by atoms with Gasteiger partial charge in [-0.1, -0.05) is 77.3 Å². The van der Waals surface area contributed by atoms with Crippen LogP contribution in [0.15, 0.2) is 24.3 Å². The first-order valence-corrected chi connectivity index (χ1v) is 11.6. The van der Waals surface area contributed by atoms with E-state index in [0.29, 0.717) is 0 Å². The van der Waals surface area contributed by atoms with Gasteiger partial charge in [-0.3, -0.25) is 0 Å². The second kappa shape index (κ2) is 12.5. The van der Waals surface area contributed by atoms with Gasteiger partial charge in [0.15, 0.2) is 0 Å². The van der Waals surface area contributed by atoms with Gasteiger partial charge in [-0.25, -0.2) is 0 Å². The van der Waals surface area contributed by atoms with Gasteiger partial charge in [0.2, 0.25) is 0 Å². The summed E-state index contributed by atoms with van der Waals surface area (Å²) in [6.45, 7) is 5.50. The van der Waals surface area contributed by atoms with E-state index in [9.17, 15) is 5.11 Å². The molecule has 0 aromatic heterocycles. The van der Waals surface area contributed by atoms with E-state index in [1.807, 2.05) is 0 Å². The van der Waals surface area contributed by atoms with Crippen molar-refractivity contribution in [3.63, 3.8) is 0 Å². The van der Waals surface area contributed by atoms with E-state index in [2.05, 4.69) is 38.1 Å². The largest absolute Gasteiger partial charge is 0.494 e. The van der Waals surface area contributed by atoms with Gasteiger partial charge in [0.1, 0.15) is 5.75 Å². The van der Waals surface area contributed by atoms with E-state index in [0.717, 1.165) is 49.9 Å². The number of unbranched alkanes of at least 4 members (excludes halogenated alkanes) is 5. The van der Waals surface area contributed by atoms with Crippen molar-refractivity contribution < 1.29 is 9.84 Å². The van der Waals surface area contributed by atoms with Gasteiger partial charge in [-0.2, -0.15) is 0 Å². The summed E-state index contributed by atoms with van der Waals surface area (Å²) in [7, 11) is 0. The lowest BCUT2D eigenvalue weighted by Crippen LogP contribution is -2.44. The molecule has 1 aromatic carbocycles. The van der Waals surface area contributed by atoms with Gasteiger partial charge in [0.05, 0.1) is 13.2 Å². The standard InChI is InChI=1S/C25H43NO2/c1-21(2)9-7-5-3-4-6-8-18-28-24-14-12-22(13-15-24)16-17-25(26,20-27)19-23-10-11-23/h12-15,21,23,27H,3-11,16-20,26H2,1-2H3. The van der Waals surface area contributed by atoms with E-state index in [1.165, 1.54) is 56.9 Å². The number of aryl methyl sites for hydroxylation is 1. The summed E-state index contributed by atoms with van der Waals surface area (Å²) in [4.78, 5) is 0. The minimum Gasteiger partial charge on any atom is -0.494 e. The van der Waals surface area contributed by atoms with Gasteiger partial charge in [0.25, 0.3) is 0 Å². The van der Waals surface area contributed by atoms with Crippen LogP contribution in [0.25, 0.3) is 0 Å². The zero-order valence-electron chi connectivity index (χ0n) is 18.3. The topological polar surface area (TPSA) is 55.5 Å². The van der Waals surface area contributed by atoms with E-state index >= 15 is 0 Å². The van der Waals surface area contributed by atoms with Crippen LogP contribution in [0, 0.1) is 11.8 Å². The van der Waals surface area contributed by atoms with Gasteiger partial charge in [-0.05, 0) is 55.2 Å². The van der Waals surface area contributed by atoms with Gasteiger partial charge in [0, 0.05) is 5.54 Å². The number of hydrogen-bond donors (Lipinski definition) is 2. The highest BCUT2D eigenvalue weighted by atomic mass is 16.5. The van der Waals surface area contributed by atoms with Crippen molar-refractivity contribution in [2.75, 3.05) is 13.2 Å².